The van der Waals surface area contributed by atoms with Gasteiger partial charge < -0.3 is 0 Å². The molecule has 0 aliphatic carbocycles. The van der Waals surface area contributed by atoms with E-state index in [9.17, 15) is 0 Å². The molecule has 1 aromatic carbocycles. The second-order valence-corrected chi connectivity index (χ2v) is 6.27. The molecule has 1 atom stereocenters. The lowest BCUT2D eigenvalue weighted by molar-refractivity contribution is 0.872. The Morgan fingerprint density at radius 2 is 2.05 bits per heavy atom. The highest BCUT2D eigenvalue weighted by molar-refractivity contribution is 9.10. The van der Waals surface area contributed by atoms with Crippen molar-refractivity contribution in [2.75, 3.05) is 0 Å². The first-order chi connectivity index (χ1) is 9.58. The van der Waals surface area contributed by atoms with Gasteiger partial charge in [0.25, 0.3) is 0 Å². The largest absolute Gasteiger partial charge is 0.279 e. The Bertz CT molecular complexity index is 780. The third-order valence-electron chi connectivity index (χ3n) is 3.20. The van der Waals surface area contributed by atoms with Crippen molar-refractivity contribution in [3.05, 3.63) is 52.4 Å². The summed E-state index contributed by atoms with van der Waals surface area (Å²) in [6.07, 6.45) is 1.78. The lowest BCUT2D eigenvalue weighted by atomic mass is 10.2. The predicted octanol–water partition coefficient (Wildman–Crippen LogP) is 4.79. The highest BCUT2D eigenvalue weighted by Crippen LogP contribution is 2.29. The molecule has 5 heteroatoms. The summed E-state index contributed by atoms with van der Waals surface area (Å²) in [4.78, 5) is 9.13. The fraction of sp³-hybridized carbons (Fsp3) is 0.200. The number of aryl methyl sites for hydroxylation is 1. The minimum absolute atomic E-state index is 0.192. The highest BCUT2D eigenvalue weighted by atomic mass is 79.9. The number of pyridine rings is 1. The summed E-state index contributed by atoms with van der Waals surface area (Å²) in [5, 5.41) is -0.192. The van der Waals surface area contributed by atoms with E-state index in [1.165, 1.54) is 0 Å². The second kappa shape index (κ2) is 5.19. The monoisotopic (exact) mass is 349 g/mol. The van der Waals surface area contributed by atoms with Crippen molar-refractivity contribution in [3.8, 4) is 5.69 Å². The van der Waals surface area contributed by atoms with Crippen molar-refractivity contribution in [1.29, 1.82) is 0 Å². The zero-order chi connectivity index (χ0) is 14.3. The number of imidazole rings is 1. The molecule has 0 bridgehead atoms. The van der Waals surface area contributed by atoms with Gasteiger partial charge in [-0.15, -0.1) is 11.6 Å². The number of nitrogens with zero attached hydrogens (tertiary/aromatic N) is 3. The van der Waals surface area contributed by atoms with Gasteiger partial charge in [0.15, 0.2) is 5.65 Å². The molecule has 0 saturated heterocycles. The van der Waals surface area contributed by atoms with Crippen LogP contribution in [0.2, 0.25) is 0 Å². The van der Waals surface area contributed by atoms with E-state index in [1.807, 2.05) is 29.7 Å². The quantitative estimate of drug-likeness (QED) is 0.622. The van der Waals surface area contributed by atoms with Crippen LogP contribution in [0.1, 0.15) is 23.7 Å². The van der Waals surface area contributed by atoms with Gasteiger partial charge in [-0.1, -0.05) is 18.2 Å². The van der Waals surface area contributed by atoms with Gasteiger partial charge in [-0.05, 0) is 47.5 Å². The Morgan fingerprint density at radius 1 is 1.30 bits per heavy atom. The minimum Gasteiger partial charge on any atom is -0.279 e. The molecule has 0 N–H and O–H groups in total. The smallest absolute Gasteiger partial charge is 0.164 e. The molecular weight excluding hydrogens is 338 g/mol. The third kappa shape index (κ3) is 2.23. The number of alkyl halides is 1. The molecule has 0 saturated carbocycles. The highest BCUT2D eigenvalue weighted by Gasteiger charge is 2.18. The van der Waals surface area contributed by atoms with Gasteiger partial charge in [-0.25, -0.2) is 9.97 Å². The van der Waals surface area contributed by atoms with Crippen LogP contribution in [-0.2, 0) is 0 Å². The molecule has 2 aromatic heterocycles. The number of hydrogen-bond donors (Lipinski definition) is 0. The summed E-state index contributed by atoms with van der Waals surface area (Å²) in [6.45, 7) is 4.00. The van der Waals surface area contributed by atoms with Gasteiger partial charge >= 0.3 is 0 Å². The molecule has 102 valence electrons. The van der Waals surface area contributed by atoms with Gasteiger partial charge in [-0.3, -0.25) is 4.57 Å². The summed E-state index contributed by atoms with van der Waals surface area (Å²) in [5.74, 6) is 0.807. The first-order valence-electron chi connectivity index (χ1n) is 6.32. The number of fused-ring (bicyclic) bond motifs is 1. The van der Waals surface area contributed by atoms with E-state index in [4.69, 9.17) is 11.6 Å². The van der Waals surface area contributed by atoms with Crippen LogP contribution < -0.4 is 0 Å². The van der Waals surface area contributed by atoms with Gasteiger partial charge in [0, 0.05) is 10.7 Å². The predicted molar refractivity (Wildman–Crippen MR) is 85.6 cm³/mol. The Morgan fingerprint density at radius 3 is 2.75 bits per heavy atom. The molecule has 0 spiro atoms. The van der Waals surface area contributed by atoms with Crippen LogP contribution in [0, 0.1) is 6.92 Å². The molecule has 0 aliphatic heterocycles. The average Bonchev–Trinajstić information content (AvgIpc) is 2.78. The minimum atomic E-state index is -0.192. The number of aromatic nitrogens is 3. The third-order valence-corrected chi connectivity index (χ3v) is 3.83. The van der Waals surface area contributed by atoms with Crippen LogP contribution in [0.4, 0.5) is 0 Å². The molecule has 2 heterocycles. The van der Waals surface area contributed by atoms with E-state index in [1.54, 1.807) is 6.20 Å². The van der Waals surface area contributed by atoms with E-state index < -0.39 is 0 Å². The molecular formula is C15H13BrClN3. The Kier molecular flexibility index (Phi) is 3.52. The van der Waals surface area contributed by atoms with E-state index in [0.29, 0.717) is 0 Å². The average molecular weight is 351 g/mol. The number of rotatable bonds is 2. The van der Waals surface area contributed by atoms with E-state index in [2.05, 4.69) is 45.0 Å². The first-order valence-corrected chi connectivity index (χ1v) is 7.55. The topological polar surface area (TPSA) is 30.7 Å². The van der Waals surface area contributed by atoms with Crippen LogP contribution in [0.5, 0.6) is 0 Å². The zero-order valence-electron chi connectivity index (χ0n) is 11.1. The standard InChI is InChI=1S/C15H13BrClN3/c1-9-5-3-4-6-13(9)20-14(10(2)17)19-12-7-11(16)8-18-15(12)20/h3-8,10H,1-2H3. The maximum atomic E-state index is 6.30. The van der Waals surface area contributed by atoms with Crippen molar-refractivity contribution >= 4 is 38.7 Å². The lowest BCUT2D eigenvalue weighted by Crippen LogP contribution is -2.04. The van der Waals surface area contributed by atoms with Crippen LogP contribution >= 0.6 is 27.5 Å². The summed E-state index contributed by atoms with van der Waals surface area (Å²) >= 11 is 9.73. The van der Waals surface area contributed by atoms with Gasteiger partial charge in [0.05, 0.1) is 11.1 Å². The van der Waals surface area contributed by atoms with E-state index in [-0.39, 0.29) is 5.38 Å². The second-order valence-electron chi connectivity index (χ2n) is 4.70. The molecule has 3 rings (SSSR count). The van der Waals surface area contributed by atoms with Crippen LogP contribution in [0.15, 0.2) is 41.0 Å². The molecule has 0 fully saturated rings. The summed E-state index contributed by atoms with van der Waals surface area (Å²) in [6, 6.07) is 10.1. The Balaban J connectivity index is 2.38. The van der Waals surface area contributed by atoms with Crippen molar-refractivity contribution in [2.45, 2.75) is 19.2 Å². The van der Waals surface area contributed by atoms with Crippen LogP contribution in [0.25, 0.3) is 16.9 Å². The number of hydrogen-bond acceptors (Lipinski definition) is 2. The van der Waals surface area contributed by atoms with Crippen molar-refractivity contribution in [2.24, 2.45) is 0 Å². The molecule has 3 nitrogen and oxygen atoms in total. The van der Waals surface area contributed by atoms with Crippen LogP contribution in [-0.4, -0.2) is 14.5 Å². The fourth-order valence-corrected chi connectivity index (χ4v) is 2.74. The van der Waals surface area contributed by atoms with Gasteiger partial charge in [-0.2, -0.15) is 0 Å². The lowest BCUT2D eigenvalue weighted by Gasteiger charge is -2.12. The van der Waals surface area contributed by atoms with Crippen molar-refractivity contribution in [3.63, 3.8) is 0 Å². The van der Waals surface area contributed by atoms with Crippen molar-refractivity contribution in [1.82, 2.24) is 14.5 Å². The van der Waals surface area contributed by atoms with Crippen molar-refractivity contribution < 1.29 is 0 Å². The van der Waals surface area contributed by atoms with Gasteiger partial charge in [0.1, 0.15) is 11.3 Å². The van der Waals surface area contributed by atoms with Gasteiger partial charge in [0.2, 0.25) is 0 Å². The summed E-state index contributed by atoms with van der Waals surface area (Å²) in [7, 11) is 0. The zero-order valence-corrected chi connectivity index (χ0v) is 13.5. The summed E-state index contributed by atoms with van der Waals surface area (Å²) < 4.78 is 2.95. The Labute approximate surface area is 130 Å². The summed E-state index contributed by atoms with van der Waals surface area (Å²) in [5.41, 5.74) is 3.89. The molecule has 20 heavy (non-hydrogen) atoms. The normalized spacial score (nSPS) is 12.8. The molecule has 0 aliphatic rings. The fourth-order valence-electron chi connectivity index (χ4n) is 2.28. The maximum absolute atomic E-state index is 6.30. The van der Waals surface area contributed by atoms with E-state index >= 15 is 0 Å². The first kappa shape index (κ1) is 13.6. The number of halogens is 2. The molecule has 0 amide bonds. The SMILES string of the molecule is Cc1ccccc1-n1c(C(C)Cl)nc2cc(Br)cnc21. The molecule has 1 unspecified atom stereocenters. The maximum Gasteiger partial charge on any atom is 0.164 e. The Hall–Kier alpha value is -1.39. The van der Waals surface area contributed by atoms with E-state index in [0.717, 1.165) is 32.7 Å². The molecule has 3 aromatic rings. The van der Waals surface area contributed by atoms with Crippen LogP contribution in [0.3, 0.4) is 0 Å². The molecule has 0 radical (unpaired) electrons. The number of benzene rings is 1. The number of para-hydroxylation sites is 1.